The molecule has 2 heterocycles. The number of hydrogen-bond acceptors (Lipinski definition) is 4. The number of aryl methyl sites for hydroxylation is 3. The van der Waals surface area contributed by atoms with Gasteiger partial charge in [-0.3, -0.25) is 14.1 Å². The van der Waals surface area contributed by atoms with Crippen molar-refractivity contribution in [1.29, 1.82) is 0 Å². The quantitative estimate of drug-likeness (QED) is 0.887. The monoisotopic (exact) mass is 269 g/mol. The van der Waals surface area contributed by atoms with E-state index in [1.54, 1.807) is 29.5 Å². The van der Waals surface area contributed by atoms with E-state index in [9.17, 15) is 8.42 Å². The fourth-order valence-corrected chi connectivity index (χ4v) is 2.61. The number of rotatable bonds is 4. The number of aromatic nitrogens is 4. The summed E-state index contributed by atoms with van der Waals surface area (Å²) in [5.41, 5.74) is 1.10. The predicted molar refractivity (Wildman–Crippen MR) is 66.7 cm³/mol. The first-order valence-corrected chi connectivity index (χ1v) is 6.96. The zero-order valence-electron chi connectivity index (χ0n) is 10.5. The molecule has 18 heavy (non-hydrogen) atoms. The molecule has 98 valence electrons. The first-order chi connectivity index (χ1) is 8.42. The lowest BCUT2D eigenvalue weighted by Gasteiger charge is -2.03. The molecule has 0 atom stereocenters. The number of sulfonamides is 1. The average molecular weight is 269 g/mol. The van der Waals surface area contributed by atoms with Gasteiger partial charge in [-0.05, 0) is 13.8 Å². The maximum atomic E-state index is 12.1. The molecule has 0 saturated heterocycles. The van der Waals surface area contributed by atoms with E-state index in [0.29, 0.717) is 17.9 Å². The second-order valence-corrected chi connectivity index (χ2v) is 5.62. The summed E-state index contributed by atoms with van der Waals surface area (Å²) in [7, 11) is -1.86. The molecular formula is C10H15N5O2S. The molecule has 0 radical (unpaired) electrons. The van der Waals surface area contributed by atoms with E-state index in [4.69, 9.17) is 0 Å². The van der Waals surface area contributed by atoms with Gasteiger partial charge in [-0.1, -0.05) is 0 Å². The van der Waals surface area contributed by atoms with Crippen LogP contribution in [0.25, 0.3) is 0 Å². The molecule has 2 rings (SSSR count). The first-order valence-electron chi connectivity index (χ1n) is 5.48. The molecule has 0 aliphatic rings. The molecule has 0 fully saturated rings. The van der Waals surface area contributed by atoms with Crippen LogP contribution in [0.15, 0.2) is 23.5 Å². The van der Waals surface area contributed by atoms with Crippen molar-refractivity contribution in [3.63, 3.8) is 0 Å². The lowest BCUT2D eigenvalue weighted by atomic mass is 10.4. The number of nitrogens with one attached hydrogen (secondary N) is 1. The molecular weight excluding hydrogens is 254 g/mol. The van der Waals surface area contributed by atoms with E-state index in [0.717, 1.165) is 0 Å². The molecule has 7 nitrogen and oxygen atoms in total. The van der Waals surface area contributed by atoms with Gasteiger partial charge >= 0.3 is 0 Å². The van der Waals surface area contributed by atoms with Crippen molar-refractivity contribution in [1.82, 2.24) is 19.6 Å². The Labute approximate surface area is 105 Å². The zero-order chi connectivity index (χ0) is 13.3. The van der Waals surface area contributed by atoms with Crippen LogP contribution < -0.4 is 4.72 Å². The van der Waals surface area contributed by atoms with E-state index >= 15 is 0 Å². The van der Waals surface area contributed by atoms with Crippen molar-refractivity contribution in [2.24, 2.45) is 7.05 Å². The Morgan fingerprint density at radius 3 is 2.61 bits per heavy atom. The molecule has 0 bridgehead atoms. The van der Waals surface area contributed by atoms with Crippen LogP contribution in [0.4, 0.5) is 5.69 Å². The van der Waals surface area contributed by atoms with E-state index in [2.05, 4.69) is 14.9 Å². The normalized spacial score (nSPS) is 11.7. The second kappa shape index (κ2) is 4.45. The third-order valence-corrected chi connectivity index (χ3v) is 3.82. The van der Waals surface area contributed by atoms with Gasteiger partial charge in [0.25, 0.3) is 10.0 Å². The standard InChI is InChI=1S/C10H15N5O2S/c1-4-15-6-9(5-11-15)18(16,17)13-10-7-14(3)12-8(10)2/h5-7,13H,4H2,1-3H3. The molecule has 0 aromatic carbocycles. The summed E-state index contributed by atoms with van der Waals surface area (Å²) in [6.07, 6.45) is 4.45. The van der Waals surface area contributed by atoms with E-state index in [-0.39, 0.29) is 4.90 Å². The minimum atomic E-state index is -3.60. The minimum Gasteiger partial charge on any atom is -0.276 e. The highest BCUT2D eigenvalue weighted by atomic mass is 32.2. The number of anilines is 1. The molecule has 0 unspecified atom stereocenters. The Morgan fingerprint density at radius 2 is 2.11 bits per heavy atom. The molecule has 0 amide bonds. The molecule has 8 heteroatoms. The highest BCUT2D eigenvalue weighted by Crippen LogP contribution is 2.17. The van der Waals surface area contributed by atoms with Gasteiger partial charge in [-0.15, -0.1) is 0 Å². The van der Waals surface area contributed by atoms with Crippen molar-refractivity contribution in [2.75, 3.05) is 4.72 Å². The van der Waals surface area contributed by atoms with Gasteiger partial charge in [0, 0.05) is 26.0 Å². The summed E-state index contributed by atoms with van der Waals surface area (Å²) < 4.78 is 29.8. The lowest BCUT2D eigenvalue weighted by Crippen LogP contribution is -2.12. The molecule has 0 spiro atoms. The molecule has 1 N–H and O–H groups in total. The third-order valence-electron chi connectivity index (χ3n) is 2.50. The van der Waals surface area contributed by atoms with Gasteiger partial charge in [-0.25, -0.2) is 8.42 Å². The summed E-state index contributed by atoms with van der Waals surface area (Å²) in [6, 6.07) is 0. The first kappa shape index (κ1) is 12.6. The summed E-state index contributed by atoms with van der Waals surface area (Å²) in [5, 5.41) is 8.03. The largest absolute Gasteiger partial charge is 0.276 e. The third kappa shape index (κ3) is 2.37. The van der Waals surface area contributed by atoms with E-state index in [1.165, 1.54) is 12.4 Å². The van der Waals surface area contributed by atoms with Gasteiger partial charge in [0.05, 0.1) is 17.6 Å². The van der Waals surface area contributed by atoms with E-state index < -0.39 is 10.0 Å². The Balaban J connectivity index is 2.29. The average Bonchev–Trinajstić information content (AvgIpc) is 2.86. The maximum absolute atomic E-state index is 12.1. The molecule has 0 aliphatic heterocycles. The van der Waals surface area contributed by atoms with Crippen LogP contribution in [0.2, 0.25) is 0 Å². The number of hydrogen-bond donors (Lipinski definition) is 1. The Morgan fingerprint density at radius 1 is 1.39 bits per heavy atom. The Bertz CT molecular complexity index is 656. The van der Waals surface area contributed by atoms with Gasteiger partial charge in [-0.2, -0.15) is 10.2 Å². The lowest BCUT2D eigenvalue weighted by molar-refractivity contribution is 0.600. The predicted octanol–water partition coefficient (Wildman–Crippen LogP) is 0.746. The smallest absolute Gasteiger partial charge is 0.265 e. The minimum absolute atomic E-state index is 0.146. The Hall–Kier alpha value is -1.83. The van der Waals surface area contributed by atoms with Crippen LogP contribution in [-0.4, -0.2) is 28.0 Å². The zero-order valence-corrected chi connectivity index (χ0v) is 11.3. The summed E-state index contributed by atoms with van der Waals surface area (Å²) in [5.74, 6) is 0. The van der Waals surface area contributed by atoms with Gasteiger partial charge < -0.3 is 0 Å². The molecule has 0 aliphatic carbocycles. The van der Waals surface area contributed by atoms with Crippen LogP contribution in [0.1, 0.15) is 12.6 Å². The molecule has 2 aromatic rings. The topological polar surface area (TPSA) is 81.8 Å². The maximum Gasteiger partial charge on any atom is 0.265 e. The van der Waals surface area contributed by atoms with Crippen molar-refractivity contribution < 1.29 is 8.42 Å². The van der Waals surface area contributed by atoms with Crippen molar-refractivity contribution >= 4 is 15.7 Å². The summed E-state index contributed by atoms with van der Waals surface area (Å²) in [4.78, 5) is 0.146. The second-order valence-electron chi connectivity index (χ2n) is 3.94. The SMILES string of the molecule is CCn1cc(S(=O)(=O)Nc2cn(C)nc2C)cn1. The van der Waals surface area contributed by atoms with Gasteiger partial charge in [0.2, 0.25) is 0 Å². The van der Waals surface area contributed by atoms with Crippen molar-refractivity contribution in [3.8, 4) is 0 Å². The van der Waals surface area contributed by atoms with Gasteiger partial charge in [0.15, 0.2) is 0 Å². The fraction of sp³-hybridized carbons (Fsp3) is 0.400. The van der Waals surface area contributed by atoms with E-state index in [1.807, 2.05) is 6.92 Å². The van der Waals surface area contributed by atoms with Crippen molar-refractivity contribution in [3.05, 3.63) is 24.3 Å². The van der Waals surface area contributed by atoms with Crippen LogP contribution >= 0.6 is 0 Å². The fourth-order valence-electron chi connectivity index (χ4n) is 1.56. The van der Waals surface area contributed by atoms with Crippen LogP contribution in [0.5, 0.6) is 0 Å². The van der Waals surface area contributed by atoms with Gasteiger partial charge in [0.1, 0.15) is 4.90 Å². The van der Waals surface area contributed by atoms with Crippen LogP contribution in [-0.2, 0) is 23.6 Å². The van der Waals surface area contributed by atoms with Crippen LogP contribution in [0, 0.1) is 6.92 Å². The van der Waals surface area contributed by atoms with Crippen molar-refractivity contribution in [2.45, 2.75) is 25.3 Å². The molecule has 2 aromatic heterocycles. The highest BCUT2D eigenvalue weighted by Gasteiger charge is 2.18. The molecule has 0 saturated carbocycles. The number of nitrogens with zero attached hydrogens (tertiary/aromatic N) is 4. The summed E-state index contributed by atoms with van der Waals surface area (Å²) in [6.45, 7) is 4.26. The van der Waals surface area contributed by atoms with Crippen LogP contribution in [0.3, 0.4) is 0 Å². The summed E-state index contributed by atoms with van der Waals surface area (Å²) >= 11 is 0. The highest BCUT2D eigenvalue weighted by molar-refractivity contribution is 7.92. The Kier molecular flexibility index (Phi) is 3.12.